The Hall–Kier alpha value is -0.120. The second-order valence-electron chi connectivity index (χ2n) is 6.69. The van der Waals surface area contributed by atoms with E-state index in [2.05, 4.69) is 22.5 Å². The van der Waals surface area contributed by atoms with Gasteiger partial charge in [-0.1, -0.05) is 0 Å². The minimum absolute atomic E-state index is 0. The highest BCUT2D eigenvalue weighted by molar-refractivity contribution is 14.0. The molecule has 0 spiro atoms. The van der Waals surface area contributed by atoms with Crippen molar-refractivity contribution in [2.45, 2.75) is 39.0 Å². The molecule has 2 rings (SSSR count). The van der Waals surface area contributed by atoms with Crippen LogP contribution in [-0.2, 0) is 14.2 Å². The molecule has 0 radical (unpaired) electrons. The lowest BCUT2D eigenvalue weighted by atomic mass is 10.0. The van der Waals surface area contributed by atoms with Crippen molar-refractivity contribution >= 4 is 29.9 Å². The summed E-state index contributed by atoms with van der Waals surface area (Å²) in [6, 6.07) is 0. The summed E-state index contributed by atoms with van der Waals surface area (Å²) in [5.41, 5.74) is 0. The van der Waals surface area contributed by atoms with Crippen molar-refractivity contribution in [2.24, 2.45) is 16.8 Å². The molecule has 2 aliphatic rings. The largest absolute Gasteiger partial charge is 0.381 e. The first-order chi connectivity index (χ1) is 11.9. The van der Waals surface area contributed by atoms with Gasteiger partial charge in [0.05, 0.1) is 6.61 Å². The SMILES string of the molecule is CCNC(=NCCCOCC1CCOCC1)NCCOCC1CC1.I. The first-order valence-electron chi connectivity index (χ1n) is 9.64. The fraction of sp³-hybridized carbons (Fsp3) is 0.944. The van der Waals surface area contributed by atoms with Crippen molar-refractivity contribution in [1.29, 1.82) is 0 Å². The van der Waals surface area contributed by atoms with Gasteiger partial charge in [-0.2, -0.15) is 0 Å². The number of ether oxygens (including phenoxy) is 3. The zero-order valence-electron chi connectivity index (χ0n) is 15.6. The van der Waals surface area contributed by atoms with Gasteiger partial charge in [-0.3, -0.25) is 4.99 Å². The van der Waals surface area contributed by atoms with Gasteiger partial charge < -0.3 is 24.8 Å². The van der Waals surface area contributed by atoms with E-state index in [-0.39, 0.29) is 24.0 Å². The predicted molar refractivity (Wildman–Crippen MR) is 112 cm³/mol. The molecule has 0 aromatic carbocycles. The van der Waals surface area contributed by atoms with Crippen molar-refractivity contribution in [2.75, 3.05) is 59.3 Å². The molecule has 1 saturated heterocycles. The van der Waals surface area contributed by atoms with Gasteiger partial charge in [-0.05, 0) is 50.9 Å². The van der Waals surface area contributed by atoms with Crippen LogP contribution in [0.5, 0.6) is 0 Å². The van der Waals surface area contributed by atoms with Gasteiger partial charge in [0.25, 0.3) is 0 Å². The third-order valence-corrected chi connectivity index (χ3v) is 4.34. The van der Waals surface area contributed by atoms with Crippen molar-refractivity contribution in [3.05, 3.63) is 0 Å². The average Bonchev–Trinajstić information content (AvgIpc) is 3.42. The fourth-order valence-electron chi connectivity index (χ4n) is 2.64. The normalized spacial score (nSPS) is 18.7. The predicted octanol–water partition coefficient (Wildman–Crippen LogP) is 2.42. The van der Waals surface area contributed by atoms with Crippen molar-refractivity contribution in [3.63, 3.8) is 0 Å². The lowest BCUT2D eigenvalue weighted by molar-refractivity contribution is 0.0205. The molecule has 7 heteroatoms. The zero-order valence-corrected chi connectivity index (χ0v) is 18.0. The van der Waals surface area contributed by atoms with Gasteiger partial charge in [0, 0.05) is 52.7 Å². The zero-order chi connectivity index (χ0) is 16.9. The van der Waals surface area contributed by atoms with Crippen LogP contribution < -0.4 is 10.6 Å². The molecule has 2 fully saturated rings. The van der Waals surface area contributed by atoms with E-state index >= 15 is 0 Å². The van der Waals surface area contributed by atoms with Crippen molar-refractivity contribution in [3.8, 4) is 0 Å². The van der Waals surface area contributed by atoms with Crippen molar-refractivity contribution in [1.82, 2.24) is 10.6 Å². The molecule has 0 atom stereocenters. The maximum absolute atomic E-state index is 5.77. The van der Waals surface area contributed by atoms with Crippen LogP contribution in [0.2, 0.25) is 0 Å². The number of hydrogen-bond acceptors (Lipinski definition) is 4. The summed E-state index contributed by atoms with van der Waals surface area (Å²) in [6.45, 7) is 9.63. The number of guanidine groups is 1. The van der Waals surface area contributed by atoms with Crippen LogP contribution in [0.25, 0.3) is 0 Å². The summed E-state index contributed by atoms with van der Waals surface area (Å²) >= 11 is 0. The van der Waals surface area contributed by atoms with Gasteiger partial charge in [-0.25, -0.2) is 0 Å². The Morgan fingerprint density at radius 3 is 2.36 bits per heavy atom. The molecule has 0 unspecified atom stereocenters. The Balaban J connectivity index is 0.00000312. The third-order valence-electron chi connectivity index (χ3n) is 4.34. The van der Waals surface area contributed by atoms with E-state index in [1.54, 1.807) is 0 Å². The van der Waals surface area contributed by atoms with Crippen LogP contribution in [0.4, 0.5) is 0 Å². The van der Waals surface area contributed by atoms with Crippen LogP contribution in [0, 0.1) is 11.8 Å². The number of aliphatic imine (C=N–C) groups is 1. The lowest BCUT2D eigenvalue weighted by Gasteiger charge is -2.21. The molecule has 6 nitrogen and oxygen atoms in total. The molecule has 0 aromatic heterocycles. The van der Waals surface area contributed by atoms with Gasteiger partial charge in [0.1, 0.15) is 0 Å². The summed E-state index contributed by atoms with van der Waals surface area (Å²) in [4.78, 5) is 4.58. The first kappa shape index (κ1) is 22.9. The van der Waals surface area contributed by atoms with E-state index in [4.69, 9.17) is 14.2 Å². The number of nitrogens with zero attached hydrogens (tertiary/aromatic N) is 1. The Kier molecular flexibility index (Phi) is 13.7. The summed E-state index contributed by atoms with van der Waals surface area (Å²) in [7, 11) is 0. The topological polar surface area (TPSA) is 64.1 Å². The van der Waals surface area contributed by atoms with Gasteiger partial charge in [0.15, 0.2) is 5.96 Å². The lowest BCUT2D eigenvalue weighted by Crippen LogP contribution is -2.39. The van der Waals surface area contributed by atoms with Gasteiger partial charge in [-0.15, -0.1) is 24.0 Å². The fourth-order valence-corrected chi connectivity index (χ4v) is 2.64. The maximum Gasteiger partial charge on any atom is 0.191 e. The molecule has 2 N–H and O–H groups in total. The van der Waals surface area contributed by atoms with Gasteiger partial charge in [0.2, 0.25) is 0 Å². The third kappa shape index (κ3) is 12.0. The standard InChI is InChI=1S/C18H35N3O3.HI/c1-2-19-18(21-9-13-24-14-16-4-5-16)20-8-3-10-23-15-17-6-11-22-12-7-17;/h16-17H,2-15H2,1H3,(H2,19,20,21);1H. The Labute approximate surface area is 169 Å². The molecule has 1 heterocycles. The summed E-state index contributed by atoms with van der Waals surface area (Å²) in [5.74, 6) is 2.38. The second-order valence-corrected chi connectivity index (χ2v) is 6.69. The highest BCUT2D eigenvalue weighted by atomic mass is 127. The molecule has 148 valence electrons. The highest BCUT2D eigenvalue weighted by Gasteiger charge is 2.20. The van der Waals surface area contributed by atoms with Crippen LogP contribution in [0.3, 0.4) is 0 Å². The molecule has 0 aromatic rings. The number of rotatable bonds is 12. The molecule has 25 heavy (non-hydrogen) atoms. The van der Waals surface area contributed by atoms with Crippen LogP contribution in [0.1, 0.15) is 39.0 Å². The Bertz CT molecular complexity index is 348. The Morgan fingerprint density at radius 2 is 1.68 bits per heavy atom. The number of halogens is 1. The van der Waals surface area contributed by atoms with E-state index in [0.29, 0.717) is 5.92 Å². The highest BCUT2D eigenvalue weighted by Crippen LogP contribution is 2.28. The minimum atomic E-state index is 0. The molecule has 1 saturated carbocycles. The van der Waals surface area contributed by atoms with Crippen molar-refractivity contribution < 1.29 is 14.2 Å². The maximum atomic E-state index is 5.77. The summed E-state index contributed by atoms with van der Waals surface area (Å²) in [5, 5.41) is 6.58. The van der Waals surface area contributed by atoms with E-state index in [1.807, 2.05) is 0 Å². The van der Waals surface area contributed by atoms with E-state index in [1.165, 1.54) is 12.8 Å². The van der Waals surface area contributed by atoms with E-state index < -0.39 is 0 Å². The minimum Gasteiger partial charge on any atom is -0.381 e. The van der Waals surface area contributed by atoms with E-state index in [9.17, 15) is 0 Å². The molecule has 1 aliphatic heterocycles. The number of nitrogens with one attached hydrogen (secondary N) is 2. The Morgan fingerprint density at radius 1 is 1.00 bits per heavy atom. The van der Waals surface area contributed by atoms with Crippen LogP contribution >= 0.6 is 24.0 Å². The molecule has 1 aliphatic carbocycles. The monoisotopic (exact) mass is 469 g/mol. The smallest absolute Gasteiger partial charge is 0.191 e. The summed E-state index contributed by atoms with van der Waals surface area (Å²) < 4.78 is 16.8. The van der Waals surface area contributed by atoms with Gasteiger partial charge >= 0.3 is 0 Å². The first-order valence-corrected chi connectivity index (χ1v) is 9.64. The number of hydrogen-bond donors (Lipinski definition) is 2. The molecule has 0 bridgehead atoms. The molecular weight excluding hydrogens is 433 g/mol. The quantitative estimate of drug-likeness (QED) is 0.199. The molecular formula is C18H36IN3O3. The average molecular weight is 469 g/mol. The van der Waals surface area contributed by atoms with E-state index in [0.717, 1.165) is 90.4 Å². The second kappa shape index (κ2) is 15.0. The summed E-state index contributed by atoms with van der Waals surface area (Å²) in [6.07, 6.45) is 5.91. The van der Waals surface area contributed by atoms with Crippen LogP contribution in [-0.4, -0.2) is 65.2 Å². The van der Waals surface area contributed by atoms with Crippen LogP contribution in [0.15, 0.2) is 4.99 Å². The molecule has 0 amide bonds.